The minimum absolute atomic E-state index is 0.0865. The summed E-state index contributed by atoms with van der Waals surface area (Å²) in [5.41, 5.74) is 3.45. The number of benzene rings is 3. The van der Waals surface area contributed by atoms with E-state index in [1.54, 1.807) is 12.1 Å². The summed E-state index contributed by atoms with van der Waals surface area (Å²) in [4.78, 5) is 0. The van der Waals surface area contributed by atoms with Crippen LogP contribution in [0.2, 0.25) is 0 Å². The molecule has 0 radical (unpaired) electrons. The molecular weight excluding hydrogens is 484 g/mol. The Morgan fingerprint density at radius 1 is 0.711 bits per heavy atom. The van der Waals surface area contributed by atoms with Crippen molar-refractivity contribution >= 4 is 0 Å². The van der Waals surface area contributed by atoms with E-state index < -0.39 is 34.3 Å². The standard InChI is InChI=1S/C34H40F4/c1-32(2,3)29-27(35)18-17-23(30(29)36)20-34(6,7)26-14-10-11-22(28(26)21-15-16-21)19-33(4,5)25-13-9-8-12-24(25)31(37)38/h8-14,17-18,21,31H,15-16,19-20H2,1-7H3. The van der Waals surface area contributed by atoms with Crippen molar-refractivity contribution in [2.24, 2.45) is 0 Å². The molecule has 0 spiro atoms. The number of hydrogen-bond acceptors (Lipinski definition) is 0. The Morgan fingerprint density at radius 3 is 1.89 bits per heavy atom. The second-order valence-corrected chi connectivity index (χ2v) is 13.3. The molecule has 0 heterocycles. The molecule has 1 aliphatic rings. The van der Waals surface area contributed by atoms with Crippen molar-refractivity contribution in [2.75, 3.05) is 0 Å². The highest BCUT2D eigenvalue weighted by molar-refractivity contribution is 5.47. The molecule has 4 heteroatoms. The van der Waals surface area contributed by atoms with Crippen molar-refractivity contribution in [2.45, 2.75) is 103 Å². The van der Waals surface area contributed by atoms with Crippen LogP contribution in [0.15, 0.2) is 54.6 Å². The normalized spacial score (nSPS) is 14.8. The number of hydrogen-bond donors (Lipinski definition) is 0. The van der Waals surface area contributed by atoms with Gasteiger partial charge in [0.1, 0.15) is 11.6 Å². The van der Waals surface area contributed by atoms with E-state index in [2.05, 4.69) is 26.0 Å². The van der Waals surface area contributed by atoms with E-state index in [4.69, 9.17) is 0 Å². The van der Waals surface area contributed by atoms with Crippen LogP contribution >= 0.6 is 0 Å². The zero-order valence-corrected chi connectivity index (χ0v) is 23.7. The lowest BCUT2D eigenvalue weighted by atomic mass is 9.71. The van der Waals surface area contributed by atoms with Gasteiger partial charge >= 0.3 is 0 Å². The quantitative estimate of drug-likeness (QED) is 0.257. The van der Waals surface area contributed by atoms with E-state index in [0.717, 1.165) is 18.4 Å². The van der Waals surface area contributed by atoms with Gasteiger partial charge in [0.2, 0.25) is 0 Å². The summed E-state index contributed by atoms with van der Waals surface area (Å²) in [6, 6.07) is 16.1. The first-order valence-corrected chi connectivity index (χ1v) is 13.6. The van der Waals surface area contributed by atoms with Gasteiger partial charge in [-0.05, 0) is 81.7 Å². The Hall–Kier alpha value is -2.62. The van der Waals surface area contributed by atoms with Crippen molar-refractivity contribution in [1.82, 2.24) is 0 Å². The molecule has 3 aromatic rings. The lowest BCUT2D eigenvalue weighted by Gasteiger charge is -2.33. The molecule has 4 rings (SSSR count). The molecule has 0 amide bonds. The van der Waals surface area contributed by atoms with Gasteiger partial charge in [0.15, 0.2) is 0 Å². The van der Waals surface area contributed by atoms with Crippen molar-refractivity contribution in [1.29, 1.82) is 0 Å². The molecular formula is C34H40F4. The molecule has 204 valence electrons. The number of alkyl halides is 2. The Balaban J connectivity index is 1.74. The Labute approximate surface area is 225 Å². The van der Waals surface area contributed by atoms with Gasteiger partial charge in [0.05, 0.1) is 0 Å². The van der Waals surface area contributed by atoms with Crippen molar-refractivity contribution in [3.63, 3.8) is 0 Å². The van der Waals surface area contributed by atoms with Gasteiger partial charge in [0.25, 0.3) is 6.43 Å². The van der Waals surface area contributed by atoms with Gasteiger partial charge in [-0.3, -0.25) is 0 Å². The molecule has 0 atom stereocenters. The summed E-state index contributed by atoms with van der Waals surface area (Å²) in [5, 5.41) is 0. The summed E-state index contributed by atoms with van der Waals surface area (Å²) in [7, 11) is 0. The number of halogens is 4. The first-order valence-electron chi connectivity index (χ1n) is 13.6. The molecule has 0 unspecified atom stereocenters. The zero-order chi connectivity index (χ0) is 28.0. The average Bonchev–Trinajstić information content (AvgIpc) is 3.65. The maximum absolute atomic E-state index is 15.6. The average molecular weight is 525 g/mol. The fourth-order valence-corrected chi connectivity index (χ4v) is 6.08. The summed E-state index contributed by atoms with van der Waals surface area (Å²) in [6.07, 6.45) is 0.719. The Bertz CT molecular complexity index is 1310. The third-order valence-corrected chi connectivity index (χ3v) is 8.02. The predicted octanol–water partition coefficient (Wildman–Crippen LogP) is 10.1. The predicted molar refractivity (Wildman–Crippen MR) is 148 cm³/mol. The van der Waals surface area contributed by atoms with E-state index in [9.17, 15) is 13.2 Å². The van der Waals surface area contributed by atoms with Crippen LogP contribution in [-0.2, 0) is 29.1 Å². The zero-order valence-electron chi connectivity index (χ0n) is 23.7. The third kappa shape index (κ3) is 5.70. The summed E-state index contributed by atoms with van der Waals surface area (Å²) >= 11 is 0. The lowest BCUT2D eigenvalue weighted by Crippen LogP contribution is -2.27. The van der Waals surface area contributed by atoms with E-state index in [1.165, 1.54) is 23.3 Å². The maximum Gasteiger partial charge on any atom is 0.264 e. The van der Waals surface area contributed by atoms with Gasteiger partial charge in [-0.15, -0.1) is 0 Å². The molecule has 0 aromatic heterocycles. The molecule has 38 heavy (non-hydrogen) atoms. The SMILES string of the molecule is CC(C)(C)c1c(F)ccc(CC(C)(C)c2cccc(CC(C)(C)c3ccccc3C(F)F)c2C2CC2)c1F. The summed E-state index contributed by atoms with van der Waals surface area (Å²) in [5.74, 6) is -0.548. The van der Waals surface area contributed by atoms with Crippen LogP contribution in [0.5, 0.6) is 0 Å². The van der Waals surface area contributed by atoms with Gasteiger partial charge in [-0.1, -0.05) is 97.0 Å². The smallest absolute Gasteiger partial charge is 0.207 e. The third-order valence-electron chi connectivity index (χ3n) is 8.02. The van der Waals surface area contributed by atoms with Crippen molar-refractivity contribution in [3.05, 3.63) is 105 Å². The van der Waals surface area contributed by atoms with Crippen LogP contribution in [0, 0.1) is 11.6 Å². The fraction of sp³-hybridized carbons (Fsp3) is 0.471. The van der Waals surface area contributed by atoms with Gasteiger partial charge in [-0.25, -0.2) is 17.6 Å². The van der Waals surface area contributed by atoms with E-state index in [1.807, 2.05) is 52.8 Å². The topological polar surface area (TPSA) is 0 Å². The van der Waals surface area contributed by atoms with Crippen LogP contribution in [0.3, 0.4) is 0 Å². The van der Waals surface area contributed by atoms with Gasteiger partial charge < -0.3 is 0 Å². The largest absolute Gasteiger partial charge is 0.264 e. The summed E-state index contributed by atoms with van der Waals surface area (Å²) < 4.78 is 57.9. The Kier molecular flexibility index (Phi) is 7.60. The fourth-order valence-electron chi connectivity index (χ4n) is 6.08. The van der Waals surface area contributed by atoms with E-state index in [-0.39, 0.29) is 11.1 Å². The Morgan fingerprint density at radius 2 is 1.29 bits per heavy atom. The minimum atomic E-state index is -2.53. The highest BCUT2D eigenvalue weighted by Crippen LogP contribution is 2.48. The van der Waals surface area contributed by atoms with Crippen LogP contribution < -0.4 is 0 Å². The molecule has 0 nitrogen and oxygen atoms in total. The molecule has 3 aromatic carbocycles. The number of rotatable bonds is 8. The first-order chi connectivity index (χ1) is 17.6. The first kappa shape index (κ1) is 28.4. The van der Waals surface area contributed by atoms with Crippen molar-refractivity contribution in [3.8, 4) is 0 Å². The van der Waals surface area contributed by atoms with Crippen LogP contribution in [-0.4, -0.2) is 0 Å². The molecule has 0 aliphatic heterocycles. The summed E-state index contributed by atoms with van der Waals surface area (Å²) in [6.45, 7) is 13.8. The minimum Gasteiger partial charge on any atom is -0.207 e. The monoisotopic (exact) mass is 524 g/mol. The second-order valence-electron chi connectivity index (χ2n) is 13.3. The van der Waals surface area contributed by atoms with E-state index >= 15 is 4.39 Å². The van der Waals surface area contributed by atoms with Crippen LogP contribution in [0.1, 0.15) is 113 Å². The van der Waals surface area contributed by atoms with E-state index in [0.29, 0.717) is 29.9 Å². The van der Waals surface area contributed by atoms with Crippen molar-refractivity contribution < 1.29 is 17.6 Å². The maximum atomic E-state index is 15.6. The highest BCUT2D eigenvalue weighted by Gasteiger charge is 2.37. The molecule has 1 fully saturated rings. The van der Waals surface area contributed by atoms with Gasteiger partial charge in [-0.2, -0.15) is 0 Å². The molecule has 0 N–H and O–H groups in total. The van der Waals surface area contributed by atoms with Gasteiger partial charge in [0, 0.05) is 11.1 Å². The van der Waals surface area contributed by atoms with Crippen LogP contribution in [0.4, 0.5) is 17.6 Å². The lowest BCUT2D eigenvalue weighted by molar-refractivity contribution is 0.148. The second kappa shape index (κ2) is 10.2. The molecule has 0 saturated heterocycles. The molecule has 1 aliphatic carbocycles. The molecule has 0 bridgehead atoms. The van der Waals surface area contributed by atoms with Crippen LogP contribution in [0.25, 0.3) is 0 Å². The molecule has 1 saturated carbocycles. The highest BCUT2D eigenvalue weighted by atomic mass is 19.3.